The van der Waals surface area contributed by atoms with Gasteiger partial charge in [-0.1, -0.05) is 12.1 Å². The highest BCUT2D eigenvalue weighted by atomic mass is 19.1. The first-order valence-electron chi connectivity index (χ1n) is 11.6. The molecule has 37 heavy (non-hydrogen) atoms. The highest BCUT2D eigenvalue weighted by molar-refractivity contribution is 5.83. The molecule has 0 unspecified atom stereocenters. The quantitative estimate of drug-likeness (QED) is 0.250. The number of anilines is 3. The Hall–Kier alpha value is -4.85. The Morgan fingerprint density at radius 2 is 1.97 bits per heavy atom. The first-order chi connectivity index (χ1) is 17.8. The molecule has 4 rings (SSSR count). The van der Waals surface area contributed by atoms with E-state index in [1.54, 1.807) is 37.4 Å². The van der Waals surface area contributed by atoms with Gasteiger partial charge in [0.1, 0.15) is 11.8 Å². The summed E-state index contributed by atoms with van der Waals surface area (Å²) in [6, 6.07) is 14.3. The number of carbonyl (C=O) groups is 1. The molecule has 11 heteroatoms. The zero-order valence-corrected chi connectivity index (χ0v) is 20.5. The lowest BCUT2D eigenvalue weighted by atomic mass is 10.00. The van der Waals surface area contributed by atoms with Crippen molar-refractivity contribution in [3.8, 4) is 11.8 Å². The zero-order chi connectivity index (χ0) is 26.5. The molecule has 0 fully saturated rings. The number of nitrogens with zero attached hydrogens (tertiary/aromatic N) is 4. The number of amides is 1. The molecule has 2 heterocycles. The van der Waals surface area contributed by atoms with Crippen LogP contribution in [0.3, 0.4) is 0 Å². The Morgan fingerprint density at radius 1 is 1.22 bits per heavy atom. The van der Waals surface area contributed by atoms with Gasteiger partial charge in [0.25, 0.3) is 0 Å². The molecule has 0 bridgehead atoms. The van der Waals surface area contributed by atoms with Crippen LogP contribution in [0.5, 0.6) is 5.75 Å². The lowest BCUT2D eigenvalue weighted by molar-refractivity contribution is 0.189. The first-order valence-corrected chi connectivity index (χ1v) is 11.6. The molecule has 2 aromatic heterocycles. The molecule has 4 N–H and O–H groups in total. The van der Waals surface area contributed by atoms with E-state index in [-0.39, 0.29) is 17.2 Å². The molecule has 2 atom stereocenters. The minimum atomic E-state index is -1.22. The molecular formula is C26H26FN7O3. The van der Waals surface area contributed by atoms with E-state index >= 15 is 4.39 Å². The summed E-state index contributed by atoms with van der Waals surface area (Å²) in [6.45, 7) is 4.39. The van der Waals surface area contributed by atoms with Crippen LogP contribution in [0.25, 0.3) is 10.9 Å². The van der Waals surface area contributed by atoms with Crippen molar-refractivity contribution in [2.45, 2.75) is 32.5 Å². The van der Waals surface area contributed by atoms with Gasteiger partial charge in [-0.15, -0.1) is 0 Å². The molecule has 0 aliphatic heterocycles. The summed E-state index contributed by atoms with van der Waals surface area (Å²) < 4.78 is 22.1. The predicted molar refractivity (Wildman–Crippen MR) is 138 cm³/mol. The average Bonchev–Trinajstić information content (AvgIpc) is 3.30. The van der Waals surface area contributed by atoms with Crippen LogP contribution in [0, 0.1) is 17.1 Å². The first kappa shape index (κ1) is 25.2. The molecular weight excluding hydrogens is 477 g/mol. The summed E-state index contributed by atoms with van der Waals surface area (Å²) in [6.07, 6.45) is 0.529. The summed E-state index contributed by atoms with van der Waals surface area (Å²) in [7, 11) is 1.54. The molecule has 4 aromatic rings. The van der Waals surface area contributed by atoms with Crippen molar-refractivity contribution in [1.29, 1.82) is 5.26 Å². The van der Waals surface area contributed by atoms with E-state index in [1.807, 2.05) is 35.9 Å². The fourth-order valence-electron chi connectivity index (χ4n) is 4.06. The number of carboxylic acid groups (broad SMARTS) is 1. The number of nitrogens with one attached hydrogen (secondary N) is 3. The van der Waals surface area contributed by atoms with Gasteiger partial charge >= 0.3 is 6.09 Å². The van der Waals surface area contributed by atoms with E-state index in [9.17, 15) is 15.2 Å². The van der Waals surface area contributed by atoms with Crippen LogP contribution < -0.4 is 20.7 Å². The minimum Gasteiger partial charge on any atom is -0.497 e. The van der Waals surface area contributed by atoms with Crippen molar-refractivity contribution >= 4 is 34.3 Å². The van der Waals surface area contributed by atoms with Crippen molar-refractivity contribution < 1.29 is 19.0 Å². The van der Waals surface area contributed by atoms with E-state index in [4.69, 9.17) is 4.74 Å². The van der Waals surface area contributed by atoms with E-state index in [0.29, 0.717) is 17.0 Å². The number of aryl methyl sites for hydroxylation is 1. The van der Waals surface area contributed by atoms with Crippen molar-refractivity contribution in [3.63, 3.8) is 0 Å². The number of pyridine rings is 1. The minimum absolute atomic E-state index is 0.0186. The highest BCUT2D eigenvalue weighted by Gasteiger charge is 2.24. The van der Waals surface area contributed by atoms with Gasteiger partial charge < -0.3 is 25.8 Å². The van der Waals surface area contributed by atoms with Gasteiger partial charge in [-0.2, -0.15) is 10.4 Å². The third-order valence-electron chi connectivity index (χ3n) is 5.92. The predicted octanol–water partition coefficient (Wildman–Crippen LogP) is 5.02. The molecule has 0 spiro atoms. The fourth-order valence-corrected chi connectivity index (χ4v) is 4.06. The van der Waals surface area contributed by atoms with Gasteiger partial charge in [0.05, 0.1) is 36.5 Å². The number of nitriles is 1. The lowest BCUT2D eigenvalue weighted by Crippen LogP contribution is -2.39. The molecule has 1 amide bonds. The van der Waals surface area contributed by atoms with Gasteiger partial charge in [-0.3, -0.25) is 4.68 Å². The zero-order valence-electron chi connectivity index (χ0n) is 20.5. The van der Waals surface area contributed by atoms with Gasteiger partial charge in [0, 0.05) is 17.6 Å². The molecule has 10 nitrogen and oxygen atoms in total. The van der Waals surface area contributed by atoms with Crippen LogP contribution in [0.4, 0.5) is 26.5 Å². The Kier molecular flexibility index (Phi) is 7.39. The topological polar surface area (TPSA) is 137 Å². The molecule has 0 saturated carbocycles. The van der Waals surface area contributed by atoms with Crippen LogP contribution >= 0.6 is 0 Å². The Bertz CT molecular complexity index is 1460. The van der Waals surface area contributed by atoms with Gasteiger partial charge in [-0.05, 0) is 55.8 Å². The van der Waals surface area contributed by atoms with Crippen LogP contribution in [0.2, 0.25) is 0 Å². The van der Waals surface area contributed by atoms with Crippen LogP contribution in [-0.4, -0.2) is 39.1 Å². The maximum absolute atomic E-state index is 15.1. The van der Waals surface area contributed by atoms with Gasteiger partial charge in [0.2, 0.25) is 0 Å². The van der Waals surface area contributed by atoms with Crippen molar-refractivity contribution in [3.05, 3.63) is 71.7 Å². The SMILES string of the molecule is CCn1ncc2cc(Nc3nc(N[C@H](c4ccc(OC)cc4)[C@H](C)NC(=O)O)c(F)cc3C#N)ccc21. The summed E-state index contributed by atoms with van der Waals surface area (Å²) >= 11 is 0. The molecule has 0 saturated heterocycles. The second-order valence-corrected chi connectivity index (χ2v) is 8.32. The number of methoxy groups -OCH3 is 1. The van der Waals surface area contributed by atoms with E-state index in [2.05, 4.69) is 26.0 Å². The van der Waals surface area contributed by atoms with Gasteiger partial charge in [-0.25, -0.2) is 14.2 Å². The highest BCUT2D eigenvalue weighted by Crippen LogP contribution is 2.29. The Labute approximate surface area is 212 Å². The van der Waals surface area contributed by atoms with Crippen LogP contribution in [0.1, 0.15) is 31.0 Å². The normalized spacial score (nSPS) is 12.4. The van der Waals surface area contributed by atoms with Crippen molar-refractivity contribution in [2.75, 3.05) is 17.7 Å². The largest absolute Gasteiger partial charge is 0.497 e. The number of fused-ring (bicyclic) bond motifs is 1. The monoisotopic (exact) mass is 503 g/mol. The summed E-state index contributed by atoms with van der Waals surface area (Å²) in [5.41, 5.74) is 2.31. The fraction of sp³-hybridized carbons (Fsp3) is 0.231. The summed E-state index contributed by atoms with van der Waals surface area (Å²) in [4.78, 5) is 15.7. The van der Waals surface area contributed by atoms with Crippen molar-refractivity contribution in [2.24, 2.45) is 0 Å². The van der Waals surface area contributed by atoms with Gasteiger partial charge in [0.15, 0.2) is 17.5 Å². The average molecular weight is 504 g/mol. The number of benzene rings is 2. The maximum atomic E-state index is 15.1. The number of hydrogen-bond donors (Lipinski definition) is 4. The third kappa shape index (κ3) is 5.54. The molecule has 0 aliphatic carbocycles. The maximum Gasteiger partial charge on any atom is 0.404 e. The Morgan fingerprint density at radius 3 is 2.62 bits per heavy atom. The van der Waals surface area contributed by atoms with Crippen LogP contribution in [-0.2, 0) is 6.54 Å². The second-order valence-electron chi connectivity index (χ2n) is 8.32. The Balaban J connectivity index is 1.68. The summed E-state index contributed by atoms with van der Waals surface area (Å²) in [5.74, 6) is -0.109. The molecule has 2 aromatic carbocycles. The number of rotatable bonds is 9. The number of ether oxygens (including phenoxy) is 1. The number of halogens is 1. The molecule has 190 valence electrons. The van der Waals surface area contributed by atoms with E-state index < -0.39 is 24.0 Å². The second kappa shape index (κ2) is 10.8. The van der Waals surface area contributed by atoms with Crippen LogP contribution in [0.15, 0.2) is 54.7 Å². The number of hydrogen-bond acceptors (Lipinski definition) is 7. The number of aromatic nitrogens is 3. The molecule has 0 radical (unpaired) electrons. The standard InChI is InChI=1S/C26H26FN7O3/c1-4-34-22-10-7-19(11-18(22)14-29-34)31-24-17(13-28)12-21(27)25(33-24)32-23(15(2)30-26(35)36)16-5-8-20(37-3)9-6-16/h5-12,14-15,23,30H,4H2,1-3H3,(H,35,36)(H2,31,32,33)/t15-,23-/m0/s1. The lowest BCUT2D eigenvalue weighted by Gasteiger charge is -2.26. The molecule has 0 aliphatic rings. The van der Waals surface area contributed by atoms with E-state index in [1.165, 1.54) is 7.11 Å². The smallest absolute Gasteiger partial charge is 0.404 e. The van der Waals surface area contributed by atoms with Crippen molar-refractivity contribution in [1.82, 2.24) is 20.1 Å². The summed E-state index contributed by atoms with van der Waals surface area (Å²) in [5, 5.41) is 32.6. The van der Waals surface area contributed by atoms with E-state index in [0.717, 1.165) is 23.5 Å². The third-order valence-corrected chi connectivity index (χ3v) is 5.92.